The first kappa shape index (κ1) is 20.0. The number of carbonyl (C=O) groups is 1. The van der Waals surface area contributed by atoms with Gasteiger partial charge in [-0.2, -0.15) is 4.68 Å². The van der Waals surface area contributed by atoms with E-state index in [1.807, 2.05) is 90.5 Å². The minimum absolute atomic E-state index is 0.220. The van der Waals surface area contributed by atoms with Gasteiger partial charge < -0.3 is 0 Å². The van der Waals surface area contributed by atoms with Gasteiger partial charge in [0.2, 0.25) is 0 Å². The molecule has 0 saturated carbocycles. The van der Waals surface area contributed by atoms with Crippen LogP contribution in [0.2, 0.25) is 0 Å². The molecule has 2 aromatic heterocycles. The fourth-order valence-electron chi connectivity index (χ4n) is 4.42. The number of rotatable bonds is 4. The summed E-state index contributed by atoms with van der Waals surface area (Å²) in [5, 5.41) is 19.3. The van der Waals surface area contributed by atoms with Crippen LogP contribution in [0.25, 0.3) is 44.0 Å². The summed E-state index contributed by atoms with van der Waals surface area (Å²) in [4.78, 5) is 13.5. The summed E-state index contributed by atoms with van der Waals surface area (Å²) in [7, 11) is 0. The summed E-state index contributed by atoms with van der Waals surface area (Å²) in [6, 6.07) is 25.2. The Hall–Kier alpha value is -4.65. The molecule has 0 atom stereocenters. The molecule has 0 N–H and O–H groups in total. The van der Waals surface area contributed by atoms with Crippen LogP contribution in [0.4, 0.5) is 0 Å². The lowest BCUT2D eigenvalue weighted by Crippen LogP contribution is -2.14. The second-order valence-electron chi connectivity index (χ2n) is 8.38. The number of aromatic nitrogens is 6. The second-order valence-corrected chi connectivity index (χ2v) is 8.38. The lowest BCUT2D eigenvalue weighted by atomic mass is 10.0. The molecule has 164 valence electrons. The van der Waals surface area contributed by atoms with Gasteiger partial charge >= 0.3 is 0 Å². The molecule has 6 aromatic rings. The molecule has 0 aliphatic heterocycles. The Morgan fingerprint density at radius 3 is 2.24 bits per heavy atom. The summed E-state index contributed by atoms with van der Waals surface area (Å²) in [6.07, 6.45) is 0. The van der Waals surface area contributed by atoms with Crippen LogP contribution < -0.4 is 0 Å². The van der Waals surface area contributed by atoms with Crippen molar-refractivity contribution in [3.8, 4) is 11.1 Å². The summed E-state index contributed by atoms with van der Waals surface area (Å²) in [5.74, 6) is -0.220. The Bertz CT molecular complexity index is 1740. The van der Waals surface area contributed by atoms with E-state index in [9.17, 15) is 4.79 Å². The van der Waals surface area contributed by atoms with Crippen LogP contribution in [-0.2, 0) is 6.54 Å². The molecule has 0 aliphatic rings. The van der Waals surface area contributed by atoms with Gasteiger partial charge in [0, 0.05) is 16.7 Å². The van der Waals surface area contributed by atoms with Gasteiger partial charge in [0.05, 0.1) is 17.6 Å². The lowest BCUT2D eigenvalue weighted by Gasteiger charge is -2.07. The van der Waals surface area contributed by atoms with E-state index in [2.05, 4.69) is 27.2 Å². The fourth-order valence-corrected chi connectivity index (χ4v) is 4.42. The van der Waals surface area contributed by atoms with Crippen molar-refractivity contribution in [3.05, 3.63) is 96.6 Å². The summed E-state index contributed by atoms with van der Waals surface area (Å²) in [6.45, 7) is 6.54. The smallest absolute Gasteiger partial charge is 0.267 e. The van der Waals surface area contributed by atoms with E-state index in [1.54, 1.807) is 0 Å². The monoisotopic (exact) mass is 444 g/mol. The molecule has 2 heterocycles. The Labute approximate surface area is 194 Å². The van der Waals surface area contributed by atoms with E-state index in [4.69, 9.17) is 0 Å². The number of allylic oxidation sites excluding steroid dienone is 1. The molecule has 0 fully saturated rings. The van der Waals surface area contributed by atoms with Crippen LogP contribution in [0.15, 0.2) is 91.0 Å². The van der Waals surface area contributed by atoms with Crippen LogP contribution >= 0.6 is 0 Å². The Balaban J connectivity index is 1.50. The van der Waals surface area contributed by atoms with Crippen molar-refractivity contribution in [3.63, 3.8) is 0 Å². The van der Waals surface area contributed by atoms with Crippen molar-refractivity contribution >= 4 is 38.7 Å². The molecule has 34 heavy (non-hydrogen) atoms. The first-order chi connectivity index (χ1) is 16.6. The van der Waals surface area contributed by atoms with Crippen molar-refractivity contribution in [1.82, 2.24) is 30.0 Å². The van der Waals surface area contributed by atoms with Gasteiger partial charge in [-0.25, -0.2) is 4.68 Å². The van der Waals surface area contributed by atoms with Crippen molar-refractivity contribution < 1.29 is 4.79 Å². The average molecular weight is 444 g/mol. The molecule has 0 radical (unpaired) electrons. The summed E-state index contributed by atoms with van der Waals surface area (Å²) >= 11 is 0. The third kappa shape index (κ3) is 3.09. The quantitative estimate of drug-likeness (QED) is 0.347. The van der Waals surface area contributed by atoms with E-state index in [1.165, 1.54) is 4.68 Å². The average Bonchev–Trinajstić information content (AvgIpc) is 3.47. The number of hydrogen-bond donors (Lipinski definition) is 0. The van der Waals surface area contributed by atoms with Gasteiger partial charge in [0.1, 0.15) is 11.0 Å². The van der Waals surface area contributed by atoms with Gasteiger partial charge in [-0.1, -0.05) is 83.2 Å². The molecule has 7 heteroatoms. The highest BCUT2D eigenvalue weighted by Crippen LogP contribution is 2.32. The zero-order valence-electron chi connectivity index (χ0n) is 18.5. The third-order valence-corrected chi connectivity index (χ3v) is 5.94. The molecular formula is C27H20N6O. The normalized spacial score (nSPS) is 11.4. The molecule has 0 aliphatic carbocycles. The Morgan fingerprint density at radius 1 is 0.794 bits per heavy atom. The van der Waals surface area contributed by atoms with Crippen molar-refractivity contribution in [2.45, 2.75) is 13.5 Å². The molecule has 0 bridgehead atoms. The number of nitrogens with zero attached hydrogens (tertiary/aromatic N) is 6. The fraction of sp³-hybridized carbons (Fsp3) is 0.0741. The maximum Gasteiger partial charge on any atom is 0.280 e. The molecule has 0 saturated heterocycles. The maximum atomic E-state index is 13.5. The van der Waals surface area contributed by atoms with Crippen LogP contribution in [0, 0.1) is 0 Å². The first-order valence-corrected chi connectivity index (χ1v) is 11.0. The van der Waals surface area contributed by atoms with Gasteiger partial charge in [0.15, 0.2) is 0 Å². The van der Waals surface area contributed by atoms with Crippen LogP contribution in [-0.4, -0.2) is 35.9 Å². The first-order valence-electron chi connectivity index (χ1n) is 11.0. The summed E-state index contributed by atoms with van der Waals surface area (Å²) in [5.41, 5.74) is 6.28. The molecule has 0 spiro atoms. The van der Waals surface area contributed by atoms with E-state index >= 15 is 0 Å². The van der Waals surface area contributed by atoms with Crippen molar-refractivity contribution in [1.29, 1.82) is 0 Å². The molecule has 6 rings (SSSR count). The highest BCUT2D eigenvalue weighted by molar-refractivity contribution is 6.11. The van der Waals surface area contributed by atoms with Crippen molar-refractivity contribution in [2.24, 2.45) is 0 Å². The number of carbonyl (C=O) groups excluding carboxylic acids is 1. The van der Waals surface area contributed by atoms with Crippen LogP contribution in [0.3, 0.4) is 0 Å². The predicted molar refractivity (Wildman–Crippen MR) is 133 cm³/mol. The molecule has 7 nitrogen and oxygen atoms in total. The lowest BCUT2D eigenvalue weighted by molar-refractivity contribution is 0.0950. The van der Waals surface area contributed by atoms with Gasteiger partial charge in [-0.05, 0) is 35.9 Å². The topological polar surface area (TPSA) is 78.5 Å². The molecule has 4 aromatic carbocycles. The maximum absolute atomic E-state index is 13.5. The van der Waals surface area contributed by atoms with Crippen molar-refractivity contribution in [2.75, 3.05) is 0 Å². The number of hydrogen-bond acceptors (Lipinski definition) is 5. The Kier molecular flexibility index (Phi) is 4.55. The van der Waals surface area contributed by atoms with Gasteiger partial charge in [-0.3, -0.25) is 4.79 Å². The van der Waals surface area contributed by atoms with Crippen LogP contribution in [0.1, 0.15) is 17.3 Å². The largest absolute Gasteiger partial charge is 0.280 e. The summed E-state index contributed by atoms with van der Waals surface area (Å²) < 4.78 is 3.21. The zero-order chi connectivity index (χ0) is 23.2. The SMILES string of the molecule is C=C(C)Cn1nnc2c(-c3cccc4c3nnn4C(=O)c3cccc4ccccc34)cccc21. The number of fused-ring (bicyclic) bond motifs is 3. The van der Waals surface area contributed by atoms with Gasteiger partial charge in [-0.15, -0.1) is 10.2 Å². The third-order valence-electron chi connectivity index (χ3n) is 5.94. The second kappa shape index (κ2) is 7.74. The van der Waals surface area contributed by atoms with E-state index in [-0.39, 0.29) is 5.91 Å². The highest BCUT2D eigenvalue weighted by atomic mass is 16.2. The standard InChI is InChI=1S/C27H20N6O/c1-17(2)16-32-23-14-6-11-20(25(23)28-30-32)21-12-7-15-24-26(21)29-31-33(24)27(34)22-13-5-9-18-8-3-4-10-19(18)22/h3-15H,1,16H2,2H3. The molecular weight excluding hydrogens is 424 g/mol. The zero-order valence-corrected chi connectivity index (χ0v) is 18.5. The minimum atomic E-state index is -0.220. The van der Waals surface area contributed by atoms with Crippen LogP contribution in [0.5, 0.6) is 0 Å². The molecule has 0 unspecified atom stereocenters. The van der Waals surface area contributed by atoms with E-state index in [0.717, 1.165) is 38.5 Å². The van der Waals surface area contributed by atoms with Gasteiger partial charge in [0.25, 0.3) is 5.91 Å². The number of benzene rings is 4. The minimum Gasteiger partial charge on any atom is -0.267 e. The predicted octanol–water partition coefficient (Wildman–Crippen LogP) is 5.26. The van der Waals surface area contributed by atoms with E-state index < -0.39 is 0 Å². The molecule has 0 amide bonds. The highest BCUT2D eigenvalue weighted by Gasteiger charge is 2.20. The van der Waals surface area contributed by atoms with E-state index in [0.29, 0.717) is 23.1 Å². The Morgan fingerprint density at radius 2 is 1.44 bits per heavy atom.